The molecule has 0 aromatic carbocycles. The molecule has 0 amide bonds. The molecule has 2 N–H and O–H groups in total. The highest BCUT2D eigenvalue weighted by Gasteiger charge is 2.28. The zero-order valence-corrected chi connectivity index (χ0v) is 9.01. The van der Waals surface area contributed by atoms with E-state index in [9.17, 15) is 5.11 Å². The second-order valence-electron chi connectivity index (χ2n) is 4.63. The van der Waals surface area contributed by atoms with Crippen molar-refractivity contribution in [3.05, 3.63) is 5.92 Å². The van der Waals surface area contributed by atoms with Gasteiger partial charge in [-0.3, -0.25) is 0 Å². The van der Waals surface area contributed by atoms with Crippen molar-refractivity contribution in [2.45, 2.75) is 27.2 Å². The maximum atomic E-state index is 9.29. The van der Waals surface area contributed by atoms with Crippen LogP contribution in [0.4, 0.5) is 0 Å². The van der Waals surface area contributed by atoms with E-state index in [2.05, 4.69) is 26.1 Å². The fourth-order valence-corrected chi connectivity index (χ4v) is 2.31. The molecule has 1 rings (SSSR count). The topological polar surface area (TPSA) is 32.3 Å². The van der Waals surface area contributed by atoms with Gasteiger partial charge in [0.1, 0.15) is 0 Å². The molecule has 1 aliphatic rings. The summed E-state index contributed by atoms with van der Waals surface area (Å²) in [5, 5.41) is 12.7. The number of piperidine rings is 1. The van der Waals surface area contributed by atoms with Gasteiger partial charge in [-0.05, 0) is 43.2 Å². The molecule has 1 radical (unpaired) electrons. The van der Waals surface area contributed by atoms with E-state index in [1.54, 1.807) is 0 Å². The monoisotopic (exact) mass is 184 g/mol. The second-order valence-corrected chi connectivity index (χ2v) is 4.63. The number of aliphatic hydroxyl groups excluding tert-OH is 1. The highest BCUT2D eigenvalue weighted by molar-refractivity contribution is 4.93. The molecule has 1 aliphatic heterocycles. The lowest BCUT2D eigenvalue weighted by molar-refractivity contribution is 0.148. The van der Waals surface area contributed by atoms with Crippen molar-refractivity contribution in [1.29, 1.82) is 0 Å². The van der Waals surface area contributed by atoms with Crippen molar-refractivity contribution in [3.8, 4) is 0 Å². The third-order valence-electron chi connectivity index (χ3n) is 3.11. The lowest BCUT2D eigenvalue weighted by atomic mass is 9.77. The minimum atomic E-state index is 0.307. The predicted octanol–water partition coefficient (Wildman–Crippen LogP) is 1.45. The highest BCUT2D eigenvalue weighted by Crippen LogP contribution is 2.29. The number of rotatable bonds is 3. The van der Waals surface area contributed by atoms with Gasteiger partial charge in [0.25, 0.3) is 0 Å². The van der Waals surface area contributed by atoms with E-state index in [4.69, 9.17) is 0 Å². The molecule has 77 valence electrons. The van der Waals surface area contributed by atoms with Crippen molar-refractivity contribution in [2.24, 2.45) is 17.8 Å². The maximum absolute atomic E-state index is 9.29. The molecule has 0 aliphatic carbocycles. The SMILES string of the molecule is C[C](C)C(CO)C1CNCC(C)C1. The van der Waals surface area contributed by atoms with Gasteiger partial charge in [-0.15, -0.1) is 0 Å². The average molecular weight is 184 g/mol. The number of nitrogens with one attached hydrogen (secondary N) is 1. The van der Waals surface area contributed by atoms with Crippen LogP contribution in [0.1, 0.15) is 27.2 Å². The van der Waals surface area contributed by atoms with Crippen LogP contribution in [0.2, 0.25) is 0 Å². The summed E-state index contributed by atoms with van der Waals surface area (Å²) < 4.78 is 0. The van der Waals surface area contributed by atoms with Crippen LogP contribution in [-0.4, -0.2) is 24.8 Å². The Morgan fingerprint density at radius 1 is 1.46 bits per heavy atom. The minimum absolute atomic E-state index is 0.307. The lowest BCUT2D eigenvalue weighted by Gasteiger charge is -2.34. The summed E-state index contributed by atoms with van der Waals surface area (Å²) in [4.78, 5) is 0. The summed E-state index contributed by atoms with van der Waals surface area (Å²) in [6.45, 7) is 9.04. The van der Waals surface area contributed by atoms with Crippen LogP contribution < -0.4 is 5.32 Å². The van der Waals surface area contributed by atoms with Crippen molar-refractivity contribution >= 4 is 0 Å². The molecule has 1 heterocycles. The van der Waals surface area contributed by atoms with E-state index in [1.807, 2.05) is 0 Å². The van der Waals surface area contributed by atoms with Gasteiger partial charge in [-0.1, -0.05) is 20.8 Å². The Morgan fingerprint density at radius 2 is 2.15 bits per heavy atom. The number of aliphatic hydroxyl groups is 1. The Kier molecular flexibility index (Phi) is 4.20. The minimum Gasteiger partial charge on any atom is -0.396 e. The van der Waals surface area contributed by atoms with Crippen molar-refractivity contribution in [3.63, 3.8) is 0 Å². The third-order valence-corrected chi connectivity index (χ3v) is 3.11. The zero-order chi connectivity index (χ0) is 9.84. The Hall–Kier alpha value is -0.0800. The van der Waals surface area contributed by atoms with Crippen LogP contribution in [0.5, 0.6) is 0 Å². The normalized spacial score (nSPS) is 32.1. The molecule has 1 saturated heterocycles. The molecule has 3 unspecified atom stereocenters. The zero-order valence-electron chi connectivity index (χ0n) is 9.01. The average Bonchev–Trinajstić information content (AvgIpc) is 2.04. The van der Waals surface area contributed by atoms with Gasteiger partial charge in [0.15, 0.2) is 0 Å². The fourth-order valence-electron chi connectivity index (χ4n) is 2.31. The molecule has 1 fully saturated rings. The molecule has 2 nitrogen and oxygen atoms in total. The van der Waals surface area contributed by atoms with Crippen LogP contribution in [0, 0.1) is 23.7 Å². The summed E-state index contributed by atoms with van der Waals surface area (Å²) in [6.07, 6.45) is 1.25. The van der Waals surface area contributed by atoms with Crippen LogP contribution >= 0.6 is 0 Å². The first-order valence-corrected chi connectivity index (χ1v) is 5.26. The summed E-state index contributed by atoms with van der Waals surface area (Å²) >= 11 is 0. The molecular weight excluding hydrogens is 162 g/mol. The fraction of sp³-hybridized carbons (Fsp3) is 0.909. The smallest absolute Gasteiger partial charge is 0.0467 e. The third kappa shape index (κ3) is 2.96. The molecule has 13 heavy (non-hydrogen) atoms. The number of hydrogen-bond donors (Lipinski definition) is 2. The van der Waals surface area contributed by atoms with Crippen LogP contribution in [0.15, 0.2) is 0 Å². The van der Waals surface area contributed by atoms with Crippen molar-refractivity contribution < 1.29 is 5.11 Å². The summed E-state index contributed by atoms with van der Waals surface area (Å²) in [5.74, 6) is 3.16. The first-order chi connectivity index (χ1) is 6.15. The standard InChI is InChI=1S/C11H22NO/c1-8(2)11(7-13)10-4-9(3)5-12-6-10/h9-13H,4-7H2,1-3H3. The van der Waals surface area contributed by atoms with Crippen molar-refractivity contribution in [2.75, 3.05) is 19.7 Å². The Morgan fingerprint density at radius 3 is 2.62 bits per heavy atom. The van der Waals surface area contributed by atoms with E-state index in [0.29, 0.717) is 18.4 Å². The van der Waals surface area contributed by atoms with Gasteiger partial charge in [0.05, 0.1) is 0 Å². The van der Waals surface area contributed by atoms with E-state index in [-0.39, 0.29) is 0 Å². The summed E-state index contributed by atoms with van der Waals surface area (Å²) in [6, 6.07) is 0. The van der Waals surface area contributed by atoms with Gasteiger partial charge < -0.3 is 10.4 Å². The Labute approximate surface area is 81.7 Å². The molecule has 3 atom stereocenters. The Balaban J connectivity index is 2.47. The van der Waals surface area contributed by atoms with Gasteiger partial charge >= 0.3 is 0 Å². The van der Waals surface area contributed by atoms with Gasteiger partial charge in [0.2, 0.25) is 0 Å². The van der Waals surface area contributed by atoms with Gasteiger partial charge in [-0.25, -0.2) is 0 Å². The first-order valence-electron chi connectivity index (χ1n) is 5.26. The molecule has 0 saturated carbocycles. The first kappa shape index (κ1) is 11.0. The van der Waals surface area contributed by atoms with Gasteiger partial charge in [-0.2, -0.15) is 0 Å². The van der Waals surface area contributed by atoms with E-state index in [1.165, 1.54) is 12.3 Å². The number of hydrogen-bond acceptors (Lipinski definition) is 2. The van der Waals surface area contributed by atoms with E-state index >= 15 is 0 Å². The highest BCUT2D eigenvalue weighted by atomic mass is 16.3. The van der Waals surface area contributed by atoms with Gasteiger partial charge in [0, 0.05) is 6.61 Å². The molecule has 0 spiro atoms. The van der Waals surface area contributed by atoms with Crippen LogP contribution in [0.25, 0.3) is 0 Å². The van der Waals surface area contributed by atoms with E-state index in [0.717, 1.165) is 19.0 Å². The van der Waals surface area contributed by atoms with Crippen molar-refractivity contribution in [1.82, 2.24) is 5.32 Å². The molecule has 0 bridgehead atoms. The quantitative estimate of drug-likeness (QED) is 0.696. The van der Waals surface area contributed by atoms with Crippen LogP contribution in [0.3, 0.4) is 0 Å². The molecule has 0 aromatic heterocycles. The Bertz CT molecular complexity index is 147. The van der Waals surface area contributed by atoms with E-state index < -0.39 is 0 Å². The lowest BCUT2D eigenvalue weighted by Crippen LogP contribution is -2.40. The molecule has 2 heteroatoms. The predicted molar refractivity (Wildman–Crippen MR) is 55.3 cm³/mol. The largest absolute Gasteiger partial charge is 0.396 e. The maximum Gasteiger partial charge on any atom is 0.0467 e. The molecular formula is C11H22NO. The summed E-state index contributed by atoms with van der Waals surface area (Å²) in [7, 11) is 0. The van der Waals surface area contributed by atoms with Crippen LogP contribution in [-0.2, 0) is 0 Å². The summed E-state index contributed by atoms with van der Waals surface area (Å²) in [5.41, 5.74) is 0. The second kappa shape index (κ2) is 4.97. The molecule has 0 aromatic rings.